The maximum Gasteiger partial charge on any atom is 0.409 e. The van der Waals surface area contributed by atoms with Gasteiger partial charge in [-0.25, -0.2) is 4.79 Å². The molecule has 4 heteroatoms. The number of rotatable bonds is 2. The molecule has 0 bridgehead atoms. The van der Waals surface area contributed by atoms with Crippen LogP contribution in [0.5, 0.6) is 0 Å². The Kier molecular flexibility index (Phi) is 3.96. The van der Waals surface area contributed by atoms with Gasteiger partial charge in [-0.05, 0) is 31.9 Å². The Morgan fingerprint density at radius 1 is 1.47 bits per heavy atom. The number of aromatic nitrogens is 1. The normalized spacial score (nSPS) is 16.9. The molecule has 4 nitrogen and oxygen atoms in total. The average Bonchev–Trinajstić information content (AvgIpc) is 2.40. The quantitative estimate of drug-likeness (QED) is 0.789. The number of hydrogen-bond acceptors (Lipinski definition) is 3. The minimum absolute atomic E-state index is 0.188. The number of ether oxygens (including phenoxy) is 1. The number of carbonyl (C=O) groups excluding carboxylic acids is 1. The Morgan fingerprint density at radius 2 is 2.24 bits per heavy atom. The van der Waals surface area contributed by atoms with Gasteiger partial charge >= 0.3 is 6.09 Å². The van der Waals surface area contributed by atoms with Gasteiger partial charge in [0.2, 0.25) is 0 Å². The Balaban J connectivity index is 1.88. The average molecular weight is 234 g/mol. The van der Waals surface area contributed by atoms with Crippen LogP contribution in [0.15, 0.2) is 24.4 Å². The second kappa shape index (κ2) is 5.66. The summed E-state index contributed by atoms with van der Waals surface area (Å²) in [5.74, 6) is 0.474. The van der Waals surface area contributed by atoms with E-state index in [-0.39, 0.29) is 6.09 Å². The fourth-order valence-electron chi connectivity index (χ4n) is 2.19. The van der Waals surface area contributed by atoms with Crippen molar-refractivity contribution in [3.8, 4) is 0 Å². The Labute approximate surface area is 102 Å². The molecule has 1 aromatic heterocycles. The van der Waals surface area contributed by atoms with Gasteiger partial charge in [-0.15, -0.1) is 0 Å². The molecule has 0 radical (unpaired) electrons. The van der Waals surface area contributed by atoms with Crippen LogP contribution < -0.4 is 0 Å². The summed E-state index contributed by atoms with van der Waals surface area (Å²) in [4.78, 5) is 17.7. The van der Waals surface area contributed by atoms with Gasteiger partial charge in [0.05, 0.1) is 6.61 Å². The van der Waals surface area contributed by atoms with Crippen LogP contribution in [0.4, 0.5) is 4.79 Å². The molecule has 0 aromatic carbocycles. The highest BCUT2D eigenvalue weighted by atomic mass is 16.6. The van der Waals surface area contributed by atoms with Gasteiger partial charge in [-0.3, -0.25) is 4.98 Å². The molecule has 0 aliphatic carbocycles. The van der Waals surface area contributed by atoms with Gasteiger partial charge < -0.3 is 9.64 Å². The largest absolute Gasteiger partial charge is 0.450 e. The molecule has 0 atom stereocenters. The van der Waals surface area contributed by atoms with E-state index < -0.39 is 0 Å². The van der Waals surface area contributed by atoms with Crippen molar-refractivity contribution in [1.29, 1.82) is 0 Å². The zero-order chi connectivity index (χ0) is 12.1. The molecule has 1 saturated heterocycles. The third-order valence-corrected chi connectivity index (χ3v) is 3.13. The first-order chi connectivity index (χ1) is 8.31. The van der Waals surface area contributed by atoms with Gasteiger partial charge in [-0.2, -0.15) is 0 Å². The van der Waals surface area contributed by atoms with E-state index in [2.05, 4.69) is 11.1 Å². The standard InChI is InChI=1S/C13H18N2O2/c1-2-17-13(16)15-9-6-11(7-10-15)12-5-3-4-8-14-12/h3-5,8,11H,2,6-7,9-10H2,1H3. The third-order valence-electron chi connectivity index (χ3n) is 3.13. The predicted molar refractivity (Wildman–Crippen MR) is 64.8 cm³/mol. The smallest absolute Gasteiger partial charge is 0.409 e. The summed E-state index contributed by atoms with van der Waals surface area (Å²) in [5.41, 5.74) is 1.14. The molecule has 0 N–H and O–H groups in total. The first kappa shape index (κ1) is 11.9. The molecule has 1 aliphatic heterocycles. The summed E-state index contributed by atoms with van der Waals surface area (Å²) in [7, 11) is 0. The summed E-state index contributed by atoms with van der Waals surface area (Å²) in [5, 5.41) is 0. The summed E-state index contributed by atoms with van der Waals surface area (Å²) in [6.07, 6.45) is 3.57. The second-order valence-electron chi connectivity index (χ2n) is 4.21. The van der Waals surface area contributed by atoms with E-state index in [1.54, 1.807) is 4.90 Å². The molecular weight excluding hydrogens is 216 g/mol. The molecule has 92 valence electrons. The molecule has 1 aliphatic rings. The van der Waals surface area contributed by atoms with Gasteiger partial charge in [-0.1, -0.05) is 6.07 Å². The highest BCUT2D eigenvalue weighted by Gasteiger charge is 2.24. The molecule has 1 amide bonds. The molecule has 0 saturated carbocycles. The maximum absolute atomic E-state index is 11.5. The van der Waals surface area contributed by atoms with Crippen LogP contribution in [0.2, 0.25) is 0 Å². The highest BCUT2D eigenvalue weighted by Crippen LogP contribution is 2.26. The number of hydrogen-bond donors (Lipinski definition) is 0. The lowest BCUT2D eigenvalue weighted by Crippen LogP contribution is -2.38. The highest BCUT2D eigenvalue weighted by molar-refractivity contribution is 5.67. The molecule has 1 fully saturated rings. The van der Waals surface area contributed by atoms with E-state index in [4.69, 9.17) is 4.74 Å². The molecular formula is C13H18N2O2. The second-order valence-corrected chi connectivity index (χ2v) is 4.21. The number of piperidine rings is 1. The zero-order valence-electron chi connectivity index (χ0n) is 10.1. The lowest BCUT2D eigenvalue weighted by molar-refractivity contribution is 0.0968. The van der Waals surface area contributed by atoms with Crippen molar-refractivity contribution < 1.29 is 9.53 Å². The number of carbonyl (C=O) groups is 1. The van der Waals surface area contributed by atoms with Crippen LogP contribution in [-0.4, -0.2) is 35.7 Å². The predicted octanol–water partition coefficient (Wildman–Crippen LogP) is 2.42. The number of pyridine rings is 1. The van der Waals surface area contributed by atoms with Crippen molar-refractivity contribution in [1.82, 2.24) is 9.88 Å². The maximum atomic E-state index is 11.5. The SMILES string of the molecule is CCOC(=O)N1CCC(c2ccccn2)CC1. The fraction of sp³-hybridized carbons (Fsp3) is 0.538. The van der Waals surface area contributed by atoms with E-state index >= 15 is 0 Å². The summed E-state index contributed by atoms with van der Waals surface area (Å²) in [6, 6.07) is 6.00. The first-order valence-electron chi connectivity index (χ1n) is 6.14. The lowest BCUT2D eigenvalue weighted by atomic mass is 9.93. The fourth-order valence-corrected chi connectivity index (χ4v) is 2.19. The van der Waals surface area contributed by atoms with Crippen LogP contribution in [0.25, 0.3) is 0 Å². The van der Waals surface area contributed by atoms with Gasteiger partial charge in [0.1, 0.15) is 0 Å². The van der Waals surface area contributed by atoms with E-state index in [0.717, 1.165) is 31.6 Å². The molecule has 2 heterocycles. The molecule has 1 aromatic rings. The summed E-state index contributed by atoms with van der Waals surface area (Å²) < 4.78 is 4.99. The zero-order valence-corrected chi connectivity index (χ0v) is 10.1. The molecule has 0 unspecified atom stereocenters. The van der Waals surface area contributed by atoms with E-state index in [1.165, 1.54) is 0 Å². The summed E-state index contributed by atoms with van der Waals surface area (Å²) >= 11 is 0. The van der Waals surface area contributed by atoms with Crippen LogP contribution in [0.1, 0.15) is 31.4 Å². The van der Waals surface area contributed by atoms with Crippen molar-refractivity contribution in [2.24, 2.45) is 0 Å². The lowest BCUT2D eigenvalue weighted by Gasteiger charge is -2.30. The first-order valence-corrected chi connectivity index (χ1v) is 6.14. The van der Waals surface area contributed by atoms with Crippen molar-refractivity contribution in [3.05, 3.63) is 30.1 Å². The van der Waals surface area contributed by atoms with Crippen LogP contribution in [-0.2, 0) is 4.74 Å². The van der Waals surface area contributed by atoms with Gasteiger partial charge in [0.25, 0.3) is 0 Å². The van der Waals surface area contributed by atoms with Crippen LogP contribution in [0.3, 0.4) is 0 Å². The van der Waals surface area contributed by atoms with Crippen molar-refractivity contribution in [2.75, 3.05) is 19.7 Å². The van der Waals surface area contributed by atoms with Gasteiger partial charge in [0, 0.05) is 30.9 Å². The third kappa shape index (κ3) is 2.96. The number of nitrogens with zero attached hydrogens (tertiary/aromatic N) is 2. The van der Waals surface area contributed by atoms with Crippen molar-refractivity contribution in [2.45, 2.75) is 25.7 Å². The Bertz CT molecular complexity index is 359. The molecule has 2 rings (SSSR count). The minimum atomic E-state index is -0.188. The van der Waals surface area contributed by atoms with E-state index in [1.807, 2.05) is 25.3 Å². The van der Waals surface area contributed by atoms with E-state index in [0.29, 0.717) is 12.5 Å². The van der Waals surface area contributed by atoms with Crippen molar-refractivity contribution in [3.63, 3.8) is 0 Å². The number of amides is 1. The summed E-state index contributed by atoms with van der Waals surface area (Å²) in [6.45, 7) is 3.80. The van der Waals surface area contributed by atoms with Crippen LogP contribution >= 0.6 is 0 Å². The molecule has 0 spiro atoms. The van der Waals surface area contributed by atoms with Crippen molar-refractivity contribution >= 4 is 6.09 Å². The molecule has 17 heavy (non-hydrogen) atoms. The van der Waals surface area contributed by atoms with Gasteiger partial charge in [0.15, 0.2) is 0 Å². The minimum Gasteiger partial charge on any atom is -0.450 e. The topological polar surface area (TPSA) is 42.4 Å². The monoisotopic (exact) mass is 234 g/mol. The Hall–Kier alpha value is -1.58. The Morgan fingerprint density at radius 3 is 2.82 bits per heavy atom. The van der Waals surface area contributed by atoms with E-state index in [9.17, 15) is 4.79 Å². The number of likely N-dealkylation sites (tertiary alicyclic amines) is 1. The van der Waals surface area contributed by atoms with Crippen LogP contribution in [0, 0.1) is 0 Å².